The molecule has 1 aromatic heterocycles. The first-order valence-electron chi connectivity index (χ1n) is 7.38. The number of hydrogen-bond donors (Lipinski definition) is 2. The molecule has 0 bridgehead atoms. The molecule has 102 valence electrons. The second-order valence-electron chi connectivity index (χ2n) is 5.85. The van der Waals surface area contributed by atoms with Gasteiger partial charge in [-0.15, -0.1) is 0 Å². The molecule has 4 rings (SSSR count). The Morgan fingerprint density at radius 2 is 1.95 bits per heavy atom. The Morgan fingerprint density at radius 1 is 1.05 bits per heavy atom. The van der Waals surface area contributed by atoms with Gasteiger partial charge in [0, 0.05) is 35.6 Å². The first kappa shape index (κ1) is 11.9. The average Bonchev–Trinajstić information content (AvgIpc) is 2.88. The van der Waals surface area contributed by atoms with Gasteiger partial charge >= 0.3 is 0 Å². The molecule has 0 unspecified atom stereocenters. The minimum atomic E-state index is 0.299. The molecule has 0 saturated carbocycles. The maximum Gasteiger partial charge on any atom is 0.0385 e. The van der Waals surface area contributed by atoms with E-state index in [-0.39, 0.29) is 0 Å². The fourth-order valence-corrected chi connectivity index (χ4v) is 3.72. The monoisotopic (exact) mass is 265 g/mol. The van der Waals surface area contributed by atoms with Gasteiger partial charge in [-0.25, -0.2) is 0 Å². The van der Waals surface area contributed by atoms with Crippen LogP contribution in [0.15, 0.2) is 42.7 Å². The number of pyridine rings is 1. The van der Waals surface area contributed by atoms with Gasteiger partial charge in [0.1, 0.15) is 0 Å². The maximum atomic E-state index is 4.29. The molecule has 0 aliphatic carbocycles. The molecular formula is C17H19N3. The smallest absolute Gasteiger partial charge is 0.0385 e. The van der Waals surface area contributed by atoms with Crippen molar-refractivity contribution in [1.29, 1.82) is 0 Å². The maximum absolute atomic E-state index is 4.29. The van der Waals surface area contributed by atoms with E-state index < -0.39 is 0 Å². The fraction of sp³-hybridized carbons (Fsp3) is 0.353. The molecule has 3 heteroatoms. The number of nitrogens with one attached hydrogen (secondary N) is 2. The Hall–Kier alpha value is -1.87. The standard InChI is InChI=1S/C17H19N3/c1-4-14(13-3-2-8-19-11-13)16-15(5-1)20-12-17(16)6-9-18-10-7-17/h1-5,8,11,18,20H,6-7,9-10,12H2. The fourth-order valence-electron chi connectivity index (χ4n) is 3.72. The van der Waals surface area contributed by atoms with E-state index in [0.717, 1.165) is 19.6 Å². The van der Waals surface area contributed by atoms with E-state index in [0.29, 0.717) is 5.41 Å². The van der Waals surface area contributed by atoms with E-state index in [1.165, 1.54) is 35.2 Å². The minimum Gasteiger partial charge on any atom is -0.384 e. The molecule has 3 nitrogen and oxygen atoms in total. The highest BCUT2D eigenvalue weighted by Gasteiger charge is 2.41. The summed E-state index contributed by atoms with van der Waals surface area (Å²) in [6.07, 6.45) is 6.24. The van der Waals surface area contributed by atoms with Crippen molar-refractivity contribution < 1.29 is 0 Å². The van der Waals surface area contributed by atoms with Crippen LogP contribution in [-0.2, 0) is 5.41 Å². The van der Waals surface area contributed by atoms with E-state index in [1.54, 1.807) is 0 Å². The zero-order valence-corrected chi connectivity index (χ0v) is 11.5. The Balaban J connectivity index is 1.89. The van der Waals surface area contributed by atoms with Gasteiger partial charge < -0.3 is 10.6 Å². The summed E-state index contributed by atoms with van der Waals surface area (Å²) >= 11 is 0. The summed E-state index contributed by atoms with van der Waals surface area (Å²) in [5.74, 6) is 0. The van der Waals surface area contributed by atoms with E-state index >= 15 is 0 Å². The molecule has 2 aromatic rings. The van der Waals surface area contributed by atoms with Crippen molar-refractivity contribution in [3.63, 3.8) is 0 Å². The second-order valence-corrected chi connectivity index (χ2v) is 5.85. The van der Waals surface area contributed by atoms with Crippen molar-refractivity contribution >= 4 is 5.69 Å². The zero-order chi connectivity index (χ0) is 13.4. The summed E-state index contributed by atoms with van der Waals surface area (Å²) < 4.78 is 0. The van der Waals surface area contributed by atoms with Crippen molar-refractivity contribution in [3.8, 4) is 11.1 Å². The van der Waals surface area contributed by atoms with E-state index in [9.17, 15) is 0 Å². The third-order valence-corrected chi connectivity index (χ3v) is 4.75. The normalized spacial score (nSPS) is 19.6. The zero-order valence-electron chi connectivity index (χ0n) is 11.5. The lowest BCUT2D eigenvalue weighted by molar-refractivity contribution is 0.335. The van der Waals surface area contributed by atoms with Gasteiger partial charge in [0.2, 0.25) is 0 Å². The number of rotatable bonds is 1. The van der Waals surface area contributed by atoms with Crippen LogP contribution in [0.5, 0.6) is 0 Å². The van der Waals surface area contributed by atoms with Gasteiger partial charge in [-0.05, 0) is 49.2 Å². The number of anilines is 1. The predicted molar refractivity (Wildman–Crippen MR) is 81.9 cm³/mol. The number of aromatic nitrogens is 1. The summed E-state index contributed by atoms with van der Waals surface area (Å²) in [6.45, 7) is 3.30. The van der Waals surface area contributed by atoms with Gasteiger partial charge in [-0.3, -0.25) is 4.98 Å². The molecule has 1 fully saturated rings. The molecule has 2 N–H and O–H groups in total. The summed E-state index contributed by atoms with van der Waals surface area (Å²) in [6, 6.07) is 10.8. The van der Waals surface area contributed by atoms with Gasteiger partial charge in [0.05, 0.1) is 0 Å². The second kappa shape index (κ2) is 4.60. The minimum absolute atomic E-state index is 0.299. The Kier molecular flexibility index (Phi) is 2.74. The molecule has 3 heterocycles. The summed E-state index contributed by atoms with van der Waals surface area (Å²) in [5, 5.41) is 7.11. The van der Waals surface area contributed by atoms with Crippen molar-refractivity contribution in [2.24, 2.45) is 0 Å². The number of benzene rings is 1. The number of hydrogen-bond acceptors (Lipinski definition) is 3. The Morgan fingerprint density at radius 3 is 2.75 bits per heavy atom. The SMILES string of the molecule is c1cncc(-c2cccc3c2C2(CCNCC2)CN3)c1. The topological polar surface area (TPSA) is 37.0 Å². The highest BCUT2D eigenvalue weighted by molar-refractivity contribution is 5.78. The molecule has 1 saturated heterocycles. The third kappa shape index (κ3) is 1.74. The number of fused-ring (bicyclic) bond motifs is 2. The highest BCUT2D eigenvalue weighted by atomic mass is 15.0. The molecule has 2 aliphatic heterocycles. The van der Waals surface area contributed by atoms with Crippen LogP contribution in [0.2, 0.25) is 0 Å². The van der Waals surface area contributed by atoms with E-state index in [1.807, 2.05) is 18.5 Å². The molecule has 1 spiro atoms. The van der Waals surface area contributed by atoms with Gasteiger partial charge in [-0.1, -0.05) is 18.2 Å². The van der Waals surface area contributed by atoms with Gasteiger partial charge in [0.25, 0.3) is 0 Å². The number of nitrogens with zero attached hydrogens (tertiary/aromatic N) is 1. The van der Waals surface area contributed by atoms with Crippen LogP contribution in [0.25, 0.3) is 11.1 Å². The van der Waals surface area contributed by atoms with Crippen molar-refractivity contribution in [2.75, 3.05) is 25.0 Å². The lowest BCUT2D eigenvalue weighted by atomic mass is 9.72. The van der Waals surface area contributed by atoms with Crippen molar-refractivity contribution in [3.05, 3.63) is 48.3 Å². The molecule has 1 aromatic carbocycles. The van der Waals surface area contributed by atoms with E-state index in [4.69, 9.17) is 0 Å². The molecule has 20 heavy (non-hydrogen) atoms. The van der Waals surface area contributed by atoms with E-state index in [2.05, 4.69) is 39.9 Å². The summed E-state index contributed by atoms with van der Waals surface area (Å²) in [4.78, 5) is 4.29. The predicted octanol–water partition coefficient (Wildman–Crippen LogP) is 2.80. The van der Waals surface area contributed by atoms with Crippen LogP contribution in [0, 0.1) is 0 Å². The van der Waals surface area contributed by atoms with Crippen LogP contribution in [-0.4, -0.2) is 24.6 Å². The molecule has 0 amide bonds. The lowest BCUT2D eigenvalue weighted by Crippen LogP contribution is -2.41. The van der Waals surface area contributed by atoms with Crippen LogP contribution in [0.1, 0.15) is 18.4 Å². The summed E-state index contributed by atoms with van der Waals surface area (Å²) in [5.41, 5.74) is 5.70. The molecule has 2 aliphatic rings. The Labute approximate surface area is 119 Å². The largest absolute Gasteiger partial charge is 0.384 e. The number of piperidine rings is 1. The first-order valence-corrected chi connectivity index (χ1v) is 7.38. The first-order chi connectivity index (χ1) is 9.89. The quantitative estimate of drug-likeness (QED) is 0.832. The average molecular weight is 265 g/mol. The van der Waals surface area contributed by atoms with Crippen molar-refractivity contribution in [1.82, 2.24) is 10.3 Å². The molecule has 0 atom stereocenters. The highest BCUT2D eigenvalue weighted by Crippen LogP contribution is 2.47. The van der Waals surface area contributed by atoms with Crippen molar-refractivity contribution in [2.45, 2.75) is 18.3 Å². The third-order valence-electron chi connectivity index (χ3n) is 4.75. The molecule has 0 radical (unpaired) electrons. The van der Waals surface area contributed by atoms with Crippen LogP contribution in [0.4, 0.5) is 5.69 Å². The van der Waals surface area contributed by atoms with Gasteiger partial charge in [-0.2, -0.15) is 0 Å². The summed E-state index contributed by atoms with van der Waals surface area (Å²) in [7, 11) is 0. The van der Waals surface area contributed by atoms with Gasteiger partial charge in [0.15, 0.2) is 0 Å². The lowest BCUT2D eigenvalue weighted by Gasteiger charge is -2.35. The van der Waals surface area contributed by atoms with Crippen LogP contribution in [0.3, 0.4) is 0 Å². The van der Waals surface area contributed by atoms with Crippen LogP contribution < -0.4 is 10.6 Å². The van der Waals surface area contributed by atoms with Crippen LogP contribution >= 0.6 is 0 Å². The Bertz CT molecular complexity index is 610. The molecular weight excluding hydrogens is 246 g/mol.